The summed E-state index contributed by atoms with van der Waals surface area (Å²) < 4.78 is 1.82. The molecular formula is C12H22N4O2. The van der Waals surface area contributed by atoms with Crippen molar-refractivity contribution in [1.29, 1.82) is 0 Å². The maximum atomic E-state index is 11.2. The monoisotopic (exact) mass is 254 g/mol. The average molecular weight is 254 g/mol. The molecule has 6 nitrogen and oxygen atoms in total. The van der Waals surface area contributed by atoms with Gasteiger partial charge in [0.2, 0.25) is 0 Å². The summed E-state index contributed by atoms with van der Waals surface area (Å²) in [6, 6.07) is 0. The Labute approximate surface area is 107 Å². The normalized spacial score (nSPS) is 14.4. The minimum Gasteiger partial charge on any atom is -0.480 e. The first-order valence-corrected chi connectivity index (χ1v) is 6.31. The van der Waals surface area contributed by atoms with Gasteiger partial charge in [-0.2, -0.15) is 5.10 Å². The summed E-state index contributed by atoms with van der Waals surface area (Å²) in [4.78, 5) is 15.6. The lowest BCUT2D eigenvalue weighted by molar-refractivity contribution is -0.144. The number of hydrogen-bond acceptors (Lipinski definition) is 4. The summed E-state index contributed by atoms with van der Waals surface area (Å²) >= 11 is 0. The molecule has 6 heteroatoms. The Balaban J connectivity index is 2.79. The predicted octanol–water partition coefficient (Wildman–Crippen LogP) is 0.856. The van der Waals surface area contributed by atoms with Crippen LogP contribution in [0, 0.1) is 0 Å². The Bertz CT molecular complexity index is 416. The molecule has 1 rings (SSSR count). The smallest absolute Gasteiger partial charge is 0.323 e. The molecule has 0 saturated carbocycles. The van der Waals surface area contributed by atoms with Crippen LogP contribution in [-0.2, 0) is 24.2 Å². The highest BCUT2D eigenvalue weighted by Gasteiger charge is 2.31. The van der Waals surface area contributed by atoms with E-state index in [1.165, 1.54) is 0 Å². The van der Waals surface area contributed by atoms with Gasteiger partial charge < -0.3 is 10.4 Å². The number of aryl methyl sites for hydroxylation is 3. The van der Waals surface area contributed by atoms with Crippen molar-refractivity contribution in [2.75, 3.05) is 7.05 Å². The van der Waals surface area contributed by atoms with Crippen LogP contribution >= 0.6 is 0 Å². The van der Waals surface area contributed by atoms with Crippen molar-refractivity contribution in [3.63, 3.8) is 0 Å². The predicted molar refractivity (Wildman–Crippen MR) is 68.5 cm³/mol. The number of aromatic nitrogens is 3. The SMILES string of the molecule is CCc1nc(CC)n(CCC(C)(NC)C(=O)O)n1. The molecule has 0 fully saturated rings. The van der Waals surface area contributed by atoms with Gasteiger partial charge in [0.05, 0.1) is 0 Å². The number of carboxylic acids is 1. The molecule has 0 saturated heterocycles. The molecule has 1 aromatic heterocycles. The molecule has 1 atom stereocenters. The summed E-state index contributed by atoms with van der Waals surface area (Å²) in [6.45, 7) is 6.26. The maximum Gasteiger partial charge on any atom is 0.323 e. The summed E-state index contributed by atoms with van der Waals surface area (Å²) in [5, 5.41) is 16.4. The van der Waals surface area contributed by atoms with Crippen LogP contribution in [0.4, 0.5) is 0 Å². The van der Waals surface area contributed by atoms with Gasteiger partial charge in [0.25, 0.3) is 0 Å². The molecular weight excluding hydrogens is 232 g/mol. The van der Waals surface area contributed by atoms with Crippen LogP contribution in [0.25, 0.3) is 0 Å². The molecule has 0 aliphatic heterocycles. The lowest BCUT2D eigenvalue weighted by Gasteiger charge is -2.24. The molecule has 18 heavy (non-hydrogen) atoms. The minimum atomic E-state index is -0.927. The molecule has 102 valence electrons. The number of nitrogens with zero attached hydrogens (tertiary/aromatic N) is 3. The zero-order valence-corrected chi connectivity index (χ0v) is 11.5. The number of nitrogens with one attached hydrogen (secondary N) is 1. The minimum absolute atomic E-state index is 0.471. The van der Waals surface area contributed by atoms with Crippen molar-refractivity contribution in [2.45, 2.75) is 52.1 Å². The van der Waals surface area contributed by atoms with Crippen LogP contribution in [0.3, 0.4) is 0 Å². The van der Waals surface area contributed by atoms with Crippen molar-refractivity contribution in [3.05, 3.63) is 11.6 Å². The first kappa shape index (κ1) is 14.6. The lowest BCUT2D eigenvalue weighted by atomic mass is 9.98. The van der Waals surface area contributed by atoms with E-state index in [1.54, 1.807) is 14.0 Å². The third-order valence-electron chi connectivity index (χ3n) is 3.27. The lowest BCUT2D eigenvalue weighted by Crippen LogP contribution is -2.48. The van der Waals surface area contributed by atoms with Crippen molar-refractivity contribution in [2.24, 2.45) is 0 Å². The number of likely N-dealkylation sites (N-methyl/N-ethyl adjacent to an activating group) is 1. The van der Waals surface area contributed by atoms with Crippen LogP contribution in [0.5, 0.6) is 0 Å². The molecule has 0 aromatic carbocycles. The molecule has 0 radical (unpaired) electrons. The topological polar surface area (TPSA) is 80.0 Å². The number of hydrogen-bond donors (Lipinski definition) is 2. The number of carbonyl (C=O) groups is 1. The van der Waals surface area contributed by atoms with Crippen molar-refractivity contribution < 1.29 is 9.90 Å². The van der Waals surface area contributed by atoms with Crippen LogP contribution in [0.15, 0.2) is 0 Å². The molecule has 2 N–H and O–H groups in total. The van der Waals surface area contributed by atoms with Gasteiger partial charge in [-0.3, -0.25) is 4.79 Å². The highest BCUT2D eigenvalue weighted by Crippen LogP contribution is 2.12. The van der Waals surface area contributed by atoms with E-state index < -0.39 is 11.5 Å². The fraction of sp³-hybridized carbons (Fsp3) is 0.750. The molecule has 0 aliphatic carbocycles. The van der Waals surface area contributed by atoms with E-state index in [9.17, 15) is 9.90 Å². The summed E-state index contributed by atoms with van der Waals surface area (Å²) in [5.74, 6) is 0.878. The molecule has 0 aliphatic rings. The Morgan fingerprint density at radius 3 is 2.56 bits per heavy atom. The standard InChI is InChI=1S/C12H22N4O2/c1-5-9-14-10(6-2)16(15-9)8-7-12(3,13-4)11(17)18/h13H,5-8H2,1-4H3,(H,17,18). The summed E-state index contributed by atoms with van der Waals surface area (Å²) in [7, 11) is 1.66. The average Bonchev–Trinajstić information content (AvgIpc) is 2.78. The van der Waals surface area contributed by atoms with E-state index in [-0.39, 0.29) is 0 Å². The molecule has 0 bridgehead atoms. The van der Waals surface area contributed by atoms with Crippen molar-refractivity contribution >= 4 is 5.97 Å². The van der Waals surface area contributed by atoms with Gasteiger partial charge >= 0.3 is 5.97 Å². The van der Waals surface area contributed by atoms with E-state index in [1.807, 2.05) is 18.5 Å². The Hall–Kier alpha value is -1.43. The van der Waals surface area contributed by atoms with Gasteiger partial charge in [0.15, 0.2) is 5.82 Å². The summed E-state index contributed by atoms with van der Waals surface area (Å²) in [6.07, 6.45) is 2.07. The van der Waals surface area contributed by atoms with Gasteiger partial charge in [0.1, 0.15) is 11.4 Å². The largest absolute Gasteiger partial charge is 0.480 e. The van der Waals surface area contributed by atoms with Gasteiger partial charge in [-0.05, 0) is 20.4 Å². The Kier molecular flexibility index (Phi) is 4.84. The second-order valence-electron chi connectivity index (χ2n) is 4.51. The van der Waals surface area contributed by atoms with E-state index in [0.29, 0.717) is 13.0 Å². The quantitative estimate of drug-likeness (QED) is 0.754. The van der Waals surface area contributed by atoms with E-state index >= 15 is 0 Å². The number of aliphatic carboxylic acids is 1. The third-order valence-corrected chi connectivity index (χ3v) is 3.27. The maximum absolute atomic E-state index is 11.2. The van der Waals surface area contributed by atoms with E-state index in [2.05, 4.69) is 15.4 Å². The highest BCUT2D eigenvalue weighted by molar-refractivity contribution is 5.78. The first-order chi connectivity index (χ1) is 8.46. The summed E-state index contributed by atoms with van der Waals surface area (Å²) in [5.41, 5.74) is -0.927. The molecule has 0 amide bonds. The van der Waals surface area contributed by atoms with Crippen LogP contribution in [0.1, 0.15) is 38.8 Å². The second-order valence-corrected chi connectivity index (χ2v) is 4.51. The van der Waals surface area contributed by atoms with Gasteiger partial charge in [-0.1, -0.05) is 13.8 Å². The van der Waals surface area contributed by atoms with Gasteiger partial charge in [-0.15, -0.1) is 0 Å². The van der Waals surface area contributed by atoms with Gasteiger partial charge in [0, 0.05) is 19.4 Å². The van der Waals surface area contributed by atoms with E-state index in [4.69, 9.17) is 0 Å². The van der Waals surface area contributed by atoms with Crippen LogP contribution in [-0.4, -0.2) is 38.4 Å². The van der Waals surface area contributed by atoms with Crippen LogP contribution in [0.2, 0.25) is 0 Å². The molecule has 1 unspecified atom stereocenters. The highest BCUT2D eigenvalue weighted by atomic mass is 16.4. The Morgan fingerprint density at radius 1 is 1.44 bits per heavy atom. The fourth-order valence-corrected chi connectivity index (χ4v) is 1.68. The Morgan fingerprint density at radius 2 is 2.11 bits per heavy atom. The third kappa shape index (κ3) is 3.07. The second kappa shape index (κ2) is 5.95. The van der Waals surface area contributed by atoms with Crippen molar-refractivity contribution in [3.8, 4) is 0 Å². The van der Waals surface area contributed by atoms with Crippen LogP contribution < -0.4 is 5.32 Å². The van der Waals surface area contributed by atoms with E-state index in [0.717, 1.165) is 24.5 Å². The van der Waals surface area contributed by atoms with Gasteiger partial charge in [-0.25, -0.2) is 9.67 Å². The molecule has 0 spiro atoms. The number of rotatable bonds is 7. The molecule has 1 heterocycles. The number of carboxylic acid groups (broad SMARTS) is 1. The van der Waals surface area contributed by atoms with Crippen molar-refractivity contribution in [1.82, 2.24) is 20.1 Å². The molecule has 1 aromatic rings. The first-order valence-electron chi connectivity index (χ1n) is 6.31. The zero-order valence-electron chi connectivity index (χ0n) is 11.5. The zero-order chi connectivity index (χ0) is 13.8. The fourth-order valence-electron chi connectivity index (χ4n) is 1.68.